The molecule has 2 heterocycles. The maximum absolute atomic E-state index is 6.37. The summed E-state index contributed by atoms with van der Waals surface area (Å²) in [7, 11) is 0. The van der Waals surface area contributed by atoms with Crippen LogP contribution < -0.4 is 0 Å². The number of benzene rings is 3. The number of pyridine rings is 1. The molecule has 0 saturated carbocycles. The van der Waals surface area contributed by atoms with Crippen LogP contribution in [0.25, 0.3) is 38.9 Å². The molecule has 4 heteroatoms. The van der Waals surface area contributed by atoms with Crippen molar-refractivity contribution in [2.24, 2.45) is 0 Å². The quantitative estimate of drug-likeness (QED) is 0.396. The molecule has 0 fully saturated rings. The molecule has 3 nitrogen and oxygen atoms in total. The molecule has 3 aromatic carbocycles. The molecular formula is C22H14ClN3. The molecule has 124 valence electrons. The van der Waals surface area contributed by atoms with E-state index in [1.807, 2.05) is 54.7 Å². The van der Waals surface area contributed by atoms with Gasteiger partial charge in [0.05, 0.1) is 0 Å². The Morgan fingerprint density at radius 1 is 0.731 bits per heavy atom. The molecule has 5 rings (SSSR count). The third-order valence-electron chi connectivity index (χ3n) is 4.54. The van der Waals surface area contributed by atoms with Crippen LogP contribution in [0.1, 0.15) is 0 Å². The van der Waals surface area contributed by atoms with Gasteiger partial charge in [-0.3, -0.25) is 0 Å². The molecule has 0 saturated heterocycles. The van der Waals surface area contributed by atoms with Crippen molar-refractivity contribution < 1.29 is 0 Å². The minimum absolute atomic E-state index is 0.719. The van der Waals surface area contributed by atoms with Gasteiger partial charge in [-0.2, -0.15) is 0 Å². The fourth-order valence-electron chi connectivity index (χ4n) is 3.30. The van der Waals surface area contributed by atoms with Crippen LogP contribution >= 0.6 is 11.6 Å². The summed E-state index contributed by atoms with van der Waals surface area (Å²) in [4.78, 5) is 4.62. The number of rotatable bonds is 2. The molecule has 2 aromatic heterocycles. The van der Waals surface area contributed by atoms with Gasteiger partial charge >= 0.3 is 0 Å². The largest absolute Gasteiger partial charge is 0.221 e. The van der Waals surface area contributed by atoms with Gasteiger partial charge in [-0.25, -0.2) is 9.50 Å². The Bertz CT molecular complexity index is 1220. The van der Waals surface area contributed by atoms with E-state index in [2.05, 4.69) is 40.4 Å². The van der Waals surface area contributed by atoms with Crippen LogP contribution in [-0.4, -0.2) is 14.6 Å². The van der Waals surface area contributed by atoms with Gasteiger partial charge < -0.3 is 0 Å². The standard InChI is InChI=1S/C22H14ClN3/c23-20-11-5-9-18-17(8-4-10-19(18)20)15-6-3-7-16(14-15)22-24-21-12-1-2-13-26(21)25-22/h1-14H. The fraction of sp³-hybridized carbons (Fsp3) is 0. The Kier molecular flexibility index (Phi) is 3.47. The van der Waals surface area contributed by atoms with E-state index < -0.39 is 0 Å². The third kappa shape index (κ3) is 2.45. The van der Waals surface area contributed by atoms with Gasteiger partial charge in [-0.05, 0) is 40.8 Å². The zero-order chi connectivity index (χ0) is 17.5. The third-order valence-corrected chi connectivity index (χ3v) is 4.87. The Balaban J connectivity index is 1.68. The van der Waals surface area contributed by atoms with E-state index in [1.54, 1.807) is 4.52 Å². The van der Waals surface area contributed by atoms with Gasteiger partial charge in [0.1, 0.15) is 0 Å². The average molecular weight is 356 g/mol. The van der Waals surface area contributed by atoms with Gasteiger partial charge in [-0.15, -0.1) is 5.10 Å². The number of fused-ring (bicyclic) bond motifs is 2. The normalized spacial score (nSPS) is 11.3. The topological polar surface area (TPSA) is 30.2 Å². The smallest absolute Gasteiger partial charge is 0.182 e. The van der Waals surface area contributed by atoms with Crippen molar-refractivity contribution >= 4 is 28.0 Å². The zero-order valence-electron chi connectivity index (χ0n) is 13.8. The van der Waals surface area contributed by atoms with E-state index in [-0.39, 0.29) is 0 Å². The summed E-state index contributed by atoms with van der Waals surface area (Å²) in [6.45, 7) is 0. The van der Waals surface area contributed by atoms with Crippen molar-refractivity contribution in [2.75, 3.05) is 0 Å². The van der Waals surface area contributed by atoms with Crippen molar-refractivity contribution in [3.05, 3.63) is 90.1 Å². The maximum atomic E-state index is 6.37. The van der Waals surface area contributed by atoms with Crippen LogP contribution in [0.2, 0.25) is 5.02 Å². The summed E-state index contributed by atoms with van der Waals surface area (Å²) in [5, 5.41) is 7.54. The summed E-state index contributed by atoms with van der Waals surface area (Å²) in [6, 6.07) is 26.4. The Labute approximate surface area is 155 Å². The van der Waals surface area contributed by atoms with E-state index in [0.717, 1.165) is 44.0 Å². The molecule has 0 amide bonds. The highest BCUT2D eigenvalue weighted by Gasteiger charge is 2.10. The van der Waals surface area contributed by atoms with Gasteiger partial charge in [-0.1, -0.05) is 66.2 Å². The molecule has 0 aliphatic rings. The van der Waals surface area contributed by atoms with Crippen LogP contribution in [-0.2, 0) is 0 Å². The SMILES string of the molecule is Clc1cccc2c(-c3cccc(-c4nc5ccccn5n4)c3)cccc12. The lowest BCUT2D eigenvalue weighted by atomic mass is 9.97. The first-order chi connectivity index (χ1) is 12.8. The van der Waals surface area contributed by atoms with Gasteiger partial charge in [0.2, 0.25) is 0 Å². The van der Waals surface area contributed by atoms with Crippen molar-refractivity contribution in [3.63, 3.8) is 0 Å². The molecule has 0 bridgehead atoms. The second-order valence-electron chi connectivity index (χ2n) is 6.16. The van der Waals surface area contributed by atoms with Crippen molar-refractivity contribution in [2.45, 2.75) is 0 Å². The van der Waals surface area contributed by atoms with Crippen molar-refractivity contribution in [3.8, 4) is 22.5 Å². The molecule has 5 aromatic rings. The summed E-state index contributed by atoms with van der Waals surface area (Å²) in [5.74, 6) is 0.719. The summed E-state index contributed by atoms with van der Waals surface area (Å²) in [6.07, 6.45) is 1.91. The molecule has 0 atom stereocenters. The van der Waals surface area contributed by atoms with E-state index in [0.29, 0.717) is 0 Å². The van der Waals surface area contributed by atoms with Crippen LogP contribution in [0.3, 0.4) is 0 Å². The molecule has 26 heavy (non-hydrogen) atoms. The number of hydrogen-bond donors (Lipinski definition) is 0. The van der Waals surface area contributed by atoms with Crippen LogP contribution in [0.5, 0.6) is 0 Å². The van der Waals surface area contributed by atoms with Gasteiger partial charge in [0.25, 0.3) is 0 Å². The van der Waals surface area contributed by atoms with Gasteiger partial charge in [0.15, 0.2) is 11.5 Å². The first kappa shape index (κ1) is 15.1. The molecule has 0 radical (unpaired) electrons. The van der Waals surface area contributed by atoms with E-state index in [4.69, 9.17) is 11.6 Å². The molecule has 0 N–H and O–H groups in total. The highest BCUT2D eigenvalue weighted by atomic mass is 35.5. The number of nitrogens with zero attached hydrogens (tertiary/aromatic N) is 3. The van der Waals surface area contributed by atoms with Crippen LogP contribution in [0, 0.1) is 0 Å². The molecule has 0 aliphatic carbocycles. The predicted molar refractivity (Wildman–Crippen MR) is 106 cm³/mol. The average Bonchev–Trinajstić information content (AvgIpc) is 3.12. The second kappa shape index (κ2) is 5.97. The Morgan fingerprint density at radius 3 is 2.46 bits per heavy atom. The first-order valence-corrected chi connectivity index (χ1v) is 8.77. The second-order valence-corrected chi connectivity index (χ2v) is 6.57. The summed E-state index contributed by atoms with van der Waals surface area (Å²) in [5.41, 5.74) is 4.10. The monoisotopic (exact) mass is 355 g/mol. The molecule has 0 aliphatic heterocycles. The van der Waals surface area contributed by atoms with E-state index >= 15 is 0 Å². The lowest BCUT2D eigenvalue weighted by Crippen LogP contribution is -1.86. The van der Waals surface area contributed by atoms with E-state index in [9.17, 15) is 0 Å². The molecule has 0 unspecified atom stereocenters. The number of hydrogen-bond acceptors (Lipinski definition) is 2. The van der Waals surface area contributed by atoms with Crippen LogP contribution in [0.4, 0.5) is 0 Å². The highest BCUT2D eigenvalue weighted by molar-refractivity contribution is 6.35. The lowest BCUT2D eigenvalue weighted by molar-refractivity contribution is 0.966. The summed E-state index contributed by atoms with van der Waals surface area (Å²) >= 11 is 6.37. The predicted octanol–water partition coefficient (Wildman–Crippen LogP) is 5.87. The van der Waals surface area contributed by atoms with Gasteiger partial charge in [0, 0.05) is 22.2 Å². The minimum Gasteiger partial charge on any atom is -0.221 e. The minimum atomic E-state index is 0.719. The molecule has 0 spiro atoms. The Morgan fingerprint density at radius 2 is 1.54 bits per heavy atom. The van der Waals surface area contributed by atoms with Crippen molar-refractivity contribution in [1.82, 2.24) is 14.6 Å². The first-order valence-electron chi connectivity index (χ1n) is 8.39. The fourth-order valence-corrected chi connectivity index (χ4v) is 3.54. The van der Waals surface area contributed by atoms with E-state index in [1.165, 1.54) is 0 Å². The lowest BCUT2D eigenvalue weighted by Gasteiger charge is -2.09. The van der Waals surface area contributed by atoms with Crippen LogP contribution in [0.15, 0.2) is 85.1 Å². The van der Waals surface area contributed by atoms with Crippen molar-refractivity contribution in [1.29, 1.82) is 0 Å². The number of halogens is 1. The zero-order valence-corrected chi connectivity index (χ0v) is 14.6. The maximum Gasteiger partial charge on any atom is 0.182 e. The molecular weight excluding hydrogens is 342 g/mol. The summed E-state index contributed by atoms with van der Waals surface area (Å²) < 4.78 is 1.79. The Hall–Kier alpha value is -3.17. The highest BCUT2D eigenvalue weighted by Crippen LogP contribution is 2.33. The number of aromatic nitrogens is 3.